The van der Waals surface area contributed by atoms with Crippen LogP contribution >= 0.6 is 0 Å². The number of aliphatic hydroxyl groups excluding tert-OH is 1. The highest BCUT2D eigenvalue weighted by Crippen LogP contribution is 2.47. The van der Waals surface area contributed by atoms with Gasteiger partial charge in [-0.15, -0.1) is 0 Å². The van der Waals surface area contributed by atoms with E-state index in [1.807, 2.05) is 44.2 Å². The second kappa shape index (κ2) is 3.37. The van der Waals surface area contributed by atoms with Gasteiger partial charge in [0.2, 0.25) is 0 Å². The van der Waals surface area contributed by atoms with Gasteiger partial charge < -0.3 is 9.84 Å². The fraction of sp³-hybridized carbons (Fsp3) is 0.500. The smallest absolute Gasteiger partial charge is 0.120 e. The van der Waals surface area contributed by atoms with E-state index in [4.69, 9.17) is 4.74 Å². The van der Waals surface area contributed by atoms with Gasteiger partial charge in [0.15, 0.2) is 0 Å². The van der Waals surface area contributed by atoms with Gasteiger partial charge in [-0.3, -0.25) is 0 Å². The average Bonchev–Trinajstić information content (AvgIpc) is 2.93. The van der Waals surface area contributed by atoms with Gasteiger partial charge in [0, 0.05) is 0 Å². The SMILES string of the molecule is CC[C@@H](O)[C@@H]1O[C@@]1(C)c1ccccc1. The van der Waals surface area contributed by atoms with Gasteiger partial charge in [-0.2, -0.15) is 0 Å². The molecule has 1 saturated heterocycles. The summed E-state index contributed by atoms with van der Waals surface area (Å²) in [7, 11) is 0. The van der Waals surface area contributed by atoms with Crippen molar-refractivity contribution >= 4 is 0 Å². The molecule has 0 radical (unpaired) electrons. The molecule has 0 aliphatic carbocycles. The molecule has 1 N–H and O–H groups in total. The first-order valence-electron chi connectivity index (χ1n) is 5.10. The van der Waals surface area contributed by atoms with Crippen molar-refractivity contribution in [1.82, 2.24) is 0 Å². The van der Waals surface area contributed by atoms with Crippen LogP contribution in [0.1, 0.15) is 25.8 Å². The molecule has 1 heterocycles. The summed E-state index contributed by atoms with van der Waals surface area (Å²) in [6.45, 7) is 4.00. The summed E-state index contributed by atoms with van der Waals surface area (Å²) < 4.78 is 5.59. The van der Waals surface area contributed by atoms with Crippen LogP contribution < -0.4 is 0 Å². The summed E-state index contributed by atoms with van der Waals surface area (Å²) in [6.07, 6.45) is 0.364. The zero-order chi connectivity index (χ0) is 10.2. The van der Waals surface area contributed by atoms with E-state index < -0.39 is 0 Å². The van der Waals surface area contributed by atoms with Crippen LogP contribution in [0.3, 0.4) is 0 Å². The molecule has 3 atom stereocenters. The summed E-state index contributed by atoms with van der Waals surface area (Å²) in [4.78, 5) is 0. The van der Waals surface area contributed by atoms with Gasteiger partial charge in [0.05, 0.1) is 6.10 Å². The van der Waals surface area contributed by atoms with E-state index in [2.05, 4.69) is 0 Å². The van der Waals surface area contributed by atoms with Crippen molar-refractivity contribution in [3.8, 4) is 0 Å². The summed E-state index contributed by atoms with van der Waals surface area (Å²) in [5.74, 6) is 0. The van der Waals surface area contributed by atoms with Crippen molar-refractivity contribution in [3.05, 3.63) is 35.9 Å². The molecule has 0 amide bonds. The number of hydrogen-bond donors (Lipinski definition) is 1. The molecule has 2 heteroatoms. The highest BCUT2D eigenvalue weighted by molar-refractivity contribution is 5.28. The van der Waals surface area contributed by atoms with E-state index >= 15 is 0 Å². The van der Waals surface area contributed by atoms with Crippen molar-refractivity contribution in [1.29, 1.82) is 0 Å². The minimum atomic E-state index is -0.347. The highest BCUT2D eigenvalue weighted by Gasteiger charge is 2.56. The van der Waals surface area contributed by atoms with Crippen LogP contribution in [0.4, 0.5) is 0 Å². The first-order chi connectivity index (χ1) is 6.68. The van der Waals surface area contributed by atoms with E-state index in [9.17, 15) is 5.11 Å². The third-order valence-corrected chi connectivity index (χ3v) is 2.97. The van der Waals surface area contributed by atoms with E-state index in [0.717, 1.165) is 12.0 Å². The molecule has 14 heavy (non-hydrogen) atoms. The van der Waals surface area contributed by atoms with E-state index in [-0.39, 0.29) is 17.8 Å². The first-order valence-corrected chi connectivity index (χ1v) is 5.10. The van der Waals surface area contributed by atoms with Crippen LogP contribution in [0.25, 0.3) is 0 Å². The van der Waals surface area contributed by atoms with Gasteiger partial charge in [0.1, 0.15) is 11.7 Å². The fourth-order valence-electron chi connectivity index (χ4n) is 1.89. The van der Waals surface area contributed by atoms with Crippen molar-refractivity contribution in [2.75, 3.05) is 0 Å². The number of rotatable bonds is 3. The molecule has 0 bridgehead atoms. The average molecular weight is 192 g/mol. The lowest BCUT2D eigenvalue weighted by Gasteiger charge is -2.09. The highest BCUT2D eigenvalue weighted by atomic mass is 16.6. The molecule has 2 rings (SSSR count). The largest absolute Gasteiger partial charge is 0.390 e. The Balaban J connectivity index is 2.15. The summed E-state index contributed by atoms with van der Waals surface area (Å²) in [5, 5.41) is 9.67. The lowest BCUT2D eigenvalue weighted by atomic mass is 9.94. The van der Waals surface area contributed by atoms with Gasteiger partial charge >= 0.3 is 0 Å². The Labute approximate surface area is 84.5 Å². The molecule has 1 aliphatic rings. The Morgan fingerprint density at radius 3 is 2.64 bits per heavy atom. The van der Waals surface area contributed by atoms with Crippen LogP contribution in [-0.2, 0) is 10.3 Å². The lowest BCUT2D eigenvalue weighted by Crippen LogP contribution is -2.20. The van der Waals surface area contributed by atoms with Crippen LogP contribution in [-0.4, -0.2) is 17.3 Å². The maximum atomic E-state index is 9.67. The Bertz CT molecular complexity index is 309. The van der Waals surface area contributed by atoms with Crippen LogP contribution in [0.2, 0.25) is 0 Å². The zero-order valence-electron chi connectivity index (χ0n) is 8.60. The fourth-order valence-corrected chi connectivity index (χ4v) is 1.89. The predicted molar refractivity (Wildman–Crippen MR) is 55.0 cm³/mol. The molecule has 1 fully saturated rings. The molecule has 1 aromatic rings. The Kier molecular flexibility index (Phi) is 2.33. The number of hydrogen-bond acceptors (Lipinski definition) is 2. The third-order valence-electron chi connectivity index (χ3n) is 2.97. The Morgan fingerprint density at radius 1 is 1.43 bits per heavy atom. The van der Waals surface area contributed by atoms with Gasteiger partial charge in [-0.25, -0.2) is 0 Å². The van der Waals surface area contributed by atoms with Crippen molar-refractivity contribution in [3.63, 3.8) is 0 Å². The minimum absolute atomic E-state index is 0.0325. The van der Waals surface area contributed by atoms with Crippen LogP contribution in [0.5, 0.6) is 0 Å². The second-order valence-corrected chi connectivity index (χ2v) is 3.99. The van der Waals surface area contributed by atoms with Gasteiger partial charge in [-0.05, 0) is 18.9 Å². The molecular formula is C12H16O2. The maximum absolute atomic E-state index is 9.67. The van der Waals surface area contributed by atoms with E-state index in [1.54, 1.807) is 0 Å². The predicted octanol–water partition coefficient (Wildman–Crippen LogP) is 2.07. The minimum Gasteiger partial charge on any atom is -0.390 e. The molecule has 0 unspecified atom stereocenters. The van der Waals surface area contributed by atoms with Crippen molar-refractivity contribution in [2.45, 2.75) is 38.1 Å². The third kappa shape index (κ3) is 1.45. The number of epoxide rings is 1. The zero-order valence-corrected chi connectivity index (χ0v) is 8.60. The lowest BCUT2D eigenvalue weighted by molar-refractivity contribution is 0.131. The number of ether oxygens (including phenoxy) is 1. The first kappa shape index (κ1) is 9.69. The molecule has 0 aromatic heterocycles. The van der Waals surface area contributed by atoms with Gasteiger partial charge in [-0.1, -0.05) is 37.3 Å². The number of aliphatic hydroxyl groups is 1. The molecule has 1 aliphatic heterocycles. The second-order valence-electron chi connectivity index (χ2n) is 3.99. The van der Waals surface area contributed by atoms with E-state index in [0.29, 0.717) is 0 Å². The topological polar surface area (TPSA) is 32.8 Å². The standard InChI is InChI=1S/C12H16O2/c1-3-10(13)11-12(2,14-11)9-7-5-4-6-8-9/h4-8,10-11,13H,3H2,1-2H3/t10-,11+,12+/m1/s1. The molecule has 0 saturated carbocycles. The quantitative estimate of drug-likeness (QED) is 0.744. The van der Waals surface area contributed by atoms with Crippen molar-refractivity contribution in [2.24, 2.45) is 0 Å². The molecule has 0 spiro atoms. The van der Waals surface area contributed by atoms with Gasteiger partial charge in [0.25, 0.3) is 0 Å². The Morgan fingerprint density at radius 2 is 2.07 bits per heavy atom. The van der Waals surface area contributed by atoms with E-state index in [1.165, 1.54) is 0 Å². The van der Waals surface area contributed by atoms with Crippen LogP contribution in [0, 0.1) is 0 Å². The molecule has 76 valence electrons. The molecular weight excluding hydrogens is 176 g/mol. The Hall–Kier alpha value is -0.860. The monoisotopic (exact) mass is 192 g/mol. The number of benzene rings is 1. The summed E-state index contributed by atoms with van der Waals surface area (Å²) >= 11 is 0. The van der Waals surface area contributed by atoms with Crippen molar-refractivity contribution < 1.29 is 9.84 Å². The molecule has 1 aromatic carbocycles. The normalized spacial score (nSPS) is 32.6. The molecule has 2 nitrogen and oxygen atoms in total. The maximum Gasteiger partial charge on any atom is 0.120 e. The summed E-state index contributed by atoms with van der Waals surface area (Å²) in [5.41, 5.74) is 0.883. The van der Waals surface area contributed by atoms with Crippen LogP contribution in [0.15, 0.2) is 30.3 Å². The summed E-state index contributed by atoms with van der Waals surface area (Å²) in [6, 6.07) is 10.1.